The van der Waals surface area contributed by atoms with Crippen LogP contribution in [0.5, 0.6) is 0 Å². The minimum atomic E-state index is -4.83. The van der Waals surface area contributed by atoms with Gasteiger partial charge in [0.05, 0.1) is 66.4 Å². The number of fused-ring (bicyclic) bond motifs is 6. The number of unbranched alkanes of at least 4 members (excludes halogenated alkanes) is 2. The van der Waals surface area contributed by atoms with E-state index in [0.717, 1.165) is 92.6 Å². The number of rotatable bonds is 36. The Kier molecular flexibility index (Phi) is 29.0. The molecule has 136 heavy (non-hydrogen) atoms. The summed E-state index contributed by atoms with van der Waals surface area (Å²) in [6, 6.07) is 43.1. The Labute approximate surface area is 789 Å². The van der Waals surface area contributed by atoms with Gasteiger partial charge in [0.2, 0.25) is 39.3 Å². The van der Waals surface area contributed by atoms with Crippen molar-refractivity contribution in [1.82, 2.24) is 30.5 Å². The molecular formula is C102H111N10O21S3+. The van der Waals surface area contributed by atoms with Crippen LogP contribution in [0.25, 0.3) is 33.1 Å². The summed E-state index contributed by atoms with van der Waals surface area (Å²) in [7, 11) is -13.4. The van der Waals surface area contributed by atoms with Gasteiger partial charge in [-0.3, -0.25) is 42.9 Å². The number of piperidine rings is 1. The van der Waals surface area contributed by atoms with Crippen molar-refractivity contribution >= 4 is 145 Å². The molecule has 0 bridgehead atoms. The molecule has 0 aliphatic carbocycles. The summed E-state index contributed by atoms with van der Waals surface area (Å²) >= 11 is 0. The molecule has 8 aromatic carbocycles. The smallest absolute Gasteiger partial charge is 0.363 e. The Bertz CT molecular complexity index is 6680. The number of sulfonamides is 1. The first kappa shape index (κ1) is 97.4. The predicted octanol–water partition coefficient (Wildman–Crippen LogP) is 13.5. The number of amides is 5. The van der Waals surface area contributed by atoms with Crippen molar-refractivity contribution in [3.63, 3.8) is 0 Å². The number of nitrogens with zero attached hydrogens (tertiary/aromatic N) is 6. The fourth-order valence-corrected chi connectivity index (χ4v) is 22.5. The van der Waals surface area contributed by atoms with Crippen molar-refractivity contribution in [1.29, 1.82) is 0 Å². The third-order valence-electron chi connectivity index (χ3n) is 26.8. The summed E-state index contributed by atoms with van der Waals surface area (Å²) in [6.45, 7) is 14.8. The molecule has 2 saturated heterocycles. The average molecular weight is 1910 g/mol. The number of esters is 1. The number of hydrogen-bond acceptors (Lipinski definition) is 20. The fraction of sp³-hybridized carbons (Fsp3) is 0.363. The van der Waals surface area contributed by atoms with Gasteiger partial charge >= 0.3 is 29.1 Å². The van der Waals surface area contributed by atoms with Crippen molar-refractivity contribution in [2.75, 3.05) is 80.2 Å². The fourth-order valence-electron chi connectivity index (χ4n) is 19.9. The molecule has 9 aromatic rings. The lowest BCUT2D eigenvalue weighted by Crippen LogP contribution is -2.55. The number of anilines is 5. The number of benzene rings is 8. The van der Waals surface area contributed by atoms with Crippen LogP contribution in [0, 0.1) is 19.8 Å². The van der Waals surface area contributed by atoms with Crippen LogP contribution in [0.15, 0.2) is 213 Å². The van der Waals surface area contributed by atoms with E-state index in [-0.39, 0.29) is 98.1 Å². The van der Waals surface area contributed by atoms with Crippen molar-refractivity contribution in [3.05, 3.63) is 238 Å². The van der Waals surface area contributed by atoms with E-state index >= 15 is 8.42 Å². The number of ketones is 1. The van der Waals surface area contributed by atoms with Crippen LogP contribution in [0.3, 0.4) is 0 Å². The van der Waals surface area contributed by atoms with Gasteiger partial charge in [-0.1, -0.05) is 86.7 Å². The Morgan fingerprint density at radius 3 is 1.88 bits per heavy atom. The Morgan fingerprint density at radius 1 is 0.618 bits per heavy atom. The number of aliphatic carboxylic acids is 2. The highest BCUT2D eigenvalue weighted by atomic mass is 32.2. The molecule has 1 aromatic heterocycles. The van der Waals surface area contributed by atoms with Gasteiger partial charge in [0.15, 0.2) is 18.1 Å². The zero-order chi connectivity index (χ0) is 97.0. The summed E-state index contributed by atoms with van der Waals surface area (Å²) in [5.74, 6) is -8.31. The van der Waals surface area contributed by atoms with Gasteiger partial charge in [-0.2, -0.15) is 17.3 Å². The van der Waals surface area contributed by atoms with Crippen LogP contribution in [0.4, 0.5) is 34.1 Å². The summed E-state index contributed by atoms with van der Waals surface area (Å²) in [5.41, 5.74) is 12.9. The first-order chi connectivity index (χ1) is 64.8. The highest BCUT2D eigenvalue weighted by molar-refractivity contribution is 7.89. The minimum Gasteiger partial charge on any atom is -0.744 e. The Balaban J connectivity index is 0.514. The minimum absolute atomic E-state index is 0.00663. The summed E-state index contributed by atoms with van der Waals surface area (Å²) in [4.78, 5) is 129. The van der Waals surface area contributed by atoms with Gasteiger partial charge in [0, 0.05) is 140 Å². The molecule has 0 unspecified atom stereocenters. The second-order valence-corrected chi connectivity index (χ2v) is 41.0. The second kappa shape index (κ2) is 40.4. The van der Waals surface area contributed by atoms with Crippen LogP contribution >= 0.6 is 0 Å². The molecule has 15 rings (SSSR count). The van der Waals surface area contributed by atoms with Gasteiger partial charge in [-0.05, 0) is 218 Å². The molecule has 34 heteroatoms. The van der Waals surface area contributed by atoms with Crippen molar-refractivity contribution in [2.24, 2.45) is 5.92 Å². The summed E-state index contributed by atoms with van der Waals surface area (Å²) in [5, 5.41) is 32.0. The molecule has 0 radical (unpaired) electrons. The van der Waals surface area contributed by atoms with Crippen LogP contribution in [-0.4, -0.2) is 201 Å². The van der Waals surface area contributed by atoms with Crippen LogP contribution in [-0.2, 0) is 92.2 Å². The largest absolute Gasteiger partial charge is 0.744 e. The SMILES string of the molecule is CCN1C(=CC=CC=CC2=[N+](CCCCCC(=O)N[C@@H](CCC(=O)O)C(=O)N3CCC[C@H]3C(=O)N[C@@H](CC(=O)O)C(=O)COC(=O)c3c(C)cc(C(=O)NCCCNC(=O)C4CCN(S(=O)(=O)c5ccccc5-c5c6ccc(N7CCc8ccccc87)cc6[o+]c6cc(N7CCc8ccccc87)ccc56)CC4)cc3C)c3ccc(S(=O)(=O)[O-])cc3C2(C)C)C(C)(C)c2cc(S(=O)(=O)O)ccc21. The normalized spacial score (nSPS) is 17.2. The number of carbonyl (C=O) groups excluding carboxylic acids is 7. The first-order valence-corrected chi connectivity index (χ1v) is 50.2. The lowest BCUT2D eigenvalue weighted by atomic mass is 9.81. The number of likely N-dealkylation sites (N-methyl/N-ethyl adjacent to an activating group) is 1. The molecule has 7 N–H and O–H groups in total. The number of para-hydroxylation sites is 2. The molecule has 3 atom stereocenters. The maximum Gasteiger partial charge on any atom is 0.363 e. The number of hydrogen-bond donors (Lipinski definition) is 7. The van der Waals surface area contributed by atoms with Gasteiger partial charge in [-0.15, -0.1) is 0 Å². The van der Waals surface area contributed by atoms with E-state index in [1.165, 1.54) is 51.8 Å². The van der Waals surface area contributed by atoms with Crippen LogP contribution in [0.1, 0.15) is 166 Å². The molecule has 2 fully saturated rings. The second-order valence-electron chi connectivity index (χ2n) is 36.3. The third kappa shape index (κ3) is 20.7. The van der Waals surface area contributed by atoms with Crippen molar-refractivity contribution in [3.8, 4) is 11.1 Å². The van der Waals surface area contributed by atoms with Crippen molar-refractivity contribution < 1.29 is 101 Å². The zero-order valence-electron chi connectivity index (χ0n) is 76.8. The molecular weight excluding hydrogens is 1800 g/mol. The van der Waals surface area contributed by atoms with E-state index in [1.807, 2.05) is 130 Å². The first-order valence-electron chi connectivity index (χ1n) is 45.9. The van der Waals surface area contributed by atoms with E-state index in [9.17, 15) is 79.3 Å². The molecule has 0 saturated carbocycles. The number of likely N-dealkylation sites (tertiary alicyclic amines) is 1. The van der Waals surface area contributed by atoms with Crippen molar-refractivity contribution in [2.45, 2.75) is 182 Å². The lowest BCUT2D eigenvalue weighted by Gasteiger charge is -2.31. The number of carboxylic acids is 2. The Morgan fingerprint density at radius 2 is 1.24 bits per heavy atom. The quantitative estimate of drug-likeness (QED) is 0.00365. The van der Waals surface area contributed by atoms with Crippen LogP contribution < -0.4 is 36.0 Å². The van der Waals surface area contributed by atoms with E-state index in [4.69, 9.17) is 9.15 Å². The maximum absolute atomic E-state index is 15.1. The van der Waals surface area contributed by atoms with E-state index in [1.54, 1.807) is 38.1 Å². The van der Waals surface area contributed by atoms with Gasteiger partial charge < -0.3 is 60.4 Å². The molecule has 5 amide bonds. The highest BCUT2D eigenvalue weighted by Crippen LogP contribution is 2.50. The van der Waals surface area contributed by atoms with E-state index in [2.05, 4.69) is 72.4 Å². The standard InChI is InChI=1S/C102H110N10O21S3/c1-8-108-82-40-35-71(135(126,127)128)59-76(82)101(4,5)89(108)30-11-9-12-31-90-102(6,7)77-60-72(136(129,130)131)36-41-83(77)111(90)49-20-10-13-32-91(114)105-78(39-42-92(115)116)99(122)112-50-21-28-84(112)98(121)106-79(61-93(117)118)85(113)62-132-100(123)94-63(2)55-68(56-64(94)3)97(120)104-48-22-47-103-96(119)67-43-51-107(52-44-67)134(124,125)88-29-19-16-25-75(88)95-73-37-33-69(109-53-45-65-23-14-17-26-80(65)109)57-86(73)133-87-58-70(34-38-74(87)95)110-54-46-66-24-15-18-27-81(66)110/h9,11-12,14-19,23-27,29-31,33-38,40-41,55-60,67,78-79,84H,8,10,13,20-22,28,32,39,42-54,61-62H2,1-7H3,(H6-2,103,104,105,106,114,115,116,117,118,119,120,121,126,127,128,129,130,131)/p+1/t78-,79-,84-/m0/s1. The zero-order valence-corrected chi connectivity index (χ0v) is 79.2. The van der Waals surface area contributed by atoms with Crippen LogP contribution in [0.2, 0.25) is 0 Å². The third-order valence-corrected chi connectivity index (χ3v) is 30.5. The Hall–Kier alpha value is -13.1. The van der Waals surface area contributed by atoms with Gasteiger partial charge in [0.25, 0.3) is 16.0 Å². The molecule has 7 heterocycles. The number of carbonyl (C=O) groups is 9. The summed E-state index contributed by atoms with van der Waals surface area (Å²) < 4.78 is 117. The van der Waals surface area contributed by atoms with Gasteiger partial charge in [0.1, 0.15) is 34.8 Å². The number of Topliss-reactive ketones (excluding diaryl/α,β-unsaturated/α-hetero) is 1. The lowest BCUT2D eigenvalue weighted by molar-refractivity contribution is -0.438. The van der Waals surface area contributed by atoms with Gasteiger partial charge in [-0.25, -0.2) is 26.0 Å². The molecule has 6 aliphatic rings. The number of nitrogens with one attached hydrogen (secondary N) is 4. The highest BCUT2D eigenvalue weighted by Gasteiger charge is 2.47. The molecule has 6 aliphatic heterocycles. The number of allylic oxidation sites excluding steroid dienone is 6. The molecule has 712 valence electrons. The summed E-state index contributed by atoms with van der Waals surface area (Å²) in [6.07, 6.45) is 11.5. The maximum atomic E-state index is 15.1. The number of aryl methyl sites for hydroxylation is 2. The van der Waals surface area contributed by atoms with E-state index in [0.29, 0.717) is 77.9 Å². The topological polar surface area (TPSA) is 428 Å². The van der Waals surface area contributed by atoms with E-state index < -0.39 is 137 Å². The molecule has 31 nitrogen and oxygen atoms in total. The monoisotopic (exact) mass is 1910 g/mol. The predicted molar refractivity (Wildman–Crippen MR) is 513 cm³/mol. The molecule has 0 spiro atoms. The number of carboxylic acid groups (broad SMARTS) is 2. The number of ether oxygens (including phenoxy) is 1. The average Bonchev–Trinajstić information content (AvgIpc) is 1.55.